The van der Waals surface area contributed by atoms with Crippen molar-refractivity contribution in [2.24, 2.45) is 5.73 Å². The third-order valence-electron chi connectivity index (χ3n) is 2.32. The number of benzene rings is 2. The SMILES string of the molecule is CC.CC.CC.CP.NCc1ccccc1-c1ccccc1. The lowest BCUT2D eigenvalue weighted by atomic mass is 10.00. The van der Waals surface area contributed by atoms with Crippen molar-refractivity contribution in [1.82, 2.24) is 0 Å². The molecule has 2 aromatic carbocycles. The molecule has 0 amide bonds. The van der Waals surface area contributed by atoms with E-state index in [9.17, 15) is 0 Å². The molecular formula is C20H36NP. The van der Waals surface area contributed by atoms with Crippen molar-refractivity contribution in [3.63, 3.8) is 0 Å². The van der Waals surface area contributed by atoms with E-state index < -0.39 is 0 Å². The zero-order valence-corrected chi connectivity index (χ0v) is 16.7. The molecule has 0 bridgehead atoms. The molecule has 0 aromatic heterocycles. The first-order valence-corrected chi connectivity index (χ1v) is 9.48. The molecule has 0 saturated carbocycles. The zero-order chi connectivity index (χ0) is 17.8. The largest absolute Gasteiger partial charge is 0.326 e. The van der Waals surface area contributed by atoms with Gasteiger partial charge in [0, 0.05) is 6.54 Å². The van der Waals surface area contributed by atoms with E-state index >= 15 is 0 Å². The van der Waals surface area contributed by atoms with Crippen LogP contribution < -0.4 is 5.73 Å². The van der Waals surface area contributed by atoms with Crippen molar-refractivity contribution >= 4 is 9.24 Å². The molecule has 0 saturated heterocycles. The van der Waals surface area contributed by atoms with Crippen molar-refractivity contribution in [3.8, 4) is 11.1 Å². The second-order valence-corrected chi connectivity index (χ2v) is 3.23. The van der Waals surface area contributed by atoms with Crippen LogP contribution in [0.4, 0.5) is 0 Å². The van der Waals surface area contributed by atoms with Crippen LogP contribution in [-0.2, 0) is 6.54 Å². The first kappa shape index (κ1) is 25.8. The second-order valence-electron chi connectivity index (χ2n) is 3.23. The maximum absolute atomic E-state index is 5.69. The van der Waals surface area contributed by atoms with Gasteiger partial charge in [-0.15, -0.1) is 9.24 Å². The summed E-state index contributed by atoms with van der Waals surface area (Å²) in [5.41, 5.74) is 9.34. The summed E-state index contributed by atoms with van der Waals surface area (Å²) in [6, 6.07) is 18.6. The molecule has 22 heavy (non-hydrogen) atoms. The summed E-state index contributed by atoms with van der Waals surface area (Å²) in [7, 11) is 2.42. The highest BCUT2D eigenvalue weighted by molar-refractivity contribution is 7.15. The number of rotatable bonds is 2. The van der Waals surface area contributed by atoms with Crippen LogP contribution in [0.2, 0.25) is 0 Å². The van der Waals surface area contributed by atoms with Gasteiger partial charge in [0.2, 0.25) is 0 Å². The van der Waals surface area contributed by atoms with Crippen LogP contribution in [0.3, 0.4) is 0 Å². The molecule has 0 aliphatic rings. The maximum Gasteiger partial charge on any atom is 0.0184 e. The smallest absolute Gasteiger partial charge is 0.0184 e. The summed E-state index contributed by atoms with van der Waals surface area (Å²) in [6.45, 7) is 14.5. The molecule has 0 fully saturated rings. The lowest BCUT2D eigenvalue weighted by Gasteiger charge is -2.06. The van der Waals surface area contributed by atoms with Crippen LogP contribution in [0.5, 0.6) is 0 Å². The predicted octanol–water partition coefficient (Wildman–Crippen LogP) is 6.38. The second kappa shape index (κ2) is 22.1. The molecule has 0 aliphatic heterocycles. The van der Waals surface area contributed by atoms with E-state index in [1.165, 1.54) is 16.7 Å². The van der Waals surface area contributed by atoms with E-state index in [2.05, 4.69) is 33.5 Å². The zero-order valence-electron chi connectivity index (χ0n) is 15.6. The molecule has 0 heterocycles. The molecule has 1 atom stereocenters. The van der Waals surface area contributed by atoms with Gasteiger partial charge in [-0.05, 0) is 16.7 Å². The highest BCUT2D eigenvalue weighted by atomic mass is 31.0. The number of hydrogen-bond acceptors (Lipinski definition) is 1. The Morgan fingerprint density at radius 3 is 1.55 bits per heavy atom. The van der Waals surface area contributed by atoms with Crippen LogP contribution in [0.15, 0.2) is 54.6 Å². The topological polar surface area (TPSA) is 26.0 Å². The van der Waals surface area contributed by atoms with Crippen molar-refractivity contribution in [1.29, 1.82) is 0 Å². The van der Waals surface area contributed by atoms with E-state index in [1.54, 1.807) is 0 Å². The van der Waals surface area contributed by atoms with E-state index in [0.29, 0.717) is 6.54 Å². The normalized spacial score (nSPS) is 7.50. The van der Waals surface area contributed by atoms with Gasteiger partial charge < -0.3 is 5.73 Å². The van der Waals surface area contributed by atoms with Crippen LogP contribution in [0, 0.1) is 0 Å². The molecule has 0 radical (unpaired) electrons. The van der Waals surface area contributed by atoms with Crippen LogP contribution in [0.25, 0.3) is 11.1 Å². The summed E-state index contributed by atoms with van der Waals surface area (Å²) in [4.78, 5) is 0. The van der Waals surface area contributed by atoms with Crippen LogP contribution >= 0.6 is 9.24 Å². The first-order chi connectivity index (χ1) is 10.9. The Morgan fingerprint density at radius 2 is 1.09 bits per heavy atom. The van der Waals surface area contributed by atoms with E-state index in [-0.39, 0.29) is 0 Å². The monoisotopic (exact) mass is 321 g/mol. The van der Waals surface area contributed by atoms with Gasteiger partial charge in [0.25, 0.3) is 0 Å². The average molecular weight is 321 g/mol. The summed E-state index contributed by atoms with van der Waals surface area (Å²) < 4.78 is 0. The fraction of sp³-hybridized carbons (Fsp3) is 0.400. The molecule has 0 spiro atoms. The molecule has 1 nitrogen and oxygen atoms in total. The Bertz CT molecular complexity index is 413. The first-order valence-electron chi connectivity index (χ1n) is 8.33. The summed E-state index contributed by atoms with van der Waals surface area (Å²) in [5.74, 6) is 0. The molecule has 2 heteroatoms. The predicted molar refractivity (Wildman–Crippen MR) is 109 cm³/mol. The van der Waals surface area contributed by atoms with Gasteiger partial charge in [0.15, 0.2) is 0 Å². The van der Waals surface area contributed by atoms with Crippen LogP contribution in [-0.4, -0.2) is 6.66 Å². The standard InChI is InChI=1S/C13H13N.3C2H6.CH5P/c14-10-12-8-4-5-9-13(12)11-6-2-1-3-7-11;4*1-2/h1-9H,10,14H2;3*1-2H3;2H2,1H3. The molecule has 126 valence electrons. The molecule has 0 aliphatic carbocycles. The summed E-state index contributed by atoms with van der Waals surface area (Å²) >= 11 is 0. The minimum Gasteiger partial charge on any atom is -0.326 e. The van der Waals surface area contributed by atoms with Crippen molar-refractivity contribution in [2.75, 3.05) is 6.66 Å². The fourth-order valence-electron chi connectivity index (χ4n) is 1.60. The third-order valence-corrected chi connectivity index (χ3v) is 2.32. The van der Waals surface area contributed by atoms with E-state index in [1.807, 2.05) is 78.5 Å². The average Bonchev–Trinajstić information content (AvgIpc) is 2.69. The Labute approximate surface area is 141 Å². The van der Waals surface area contributed by atoms with Gasteiger partial charge in [-0.3, -0.25) is 0 Å². The molecule has 2 aromatic rings. The molecule has 2 rings (SSSR count). The van der Waals surface area contributed by atoms with Gasteiger partial charge in [-0.2, -0.15) is 0 Å². The molecule has 1 unspecified atom stereocenters. The van der Waals surface area contributed by atoms with E-state index in [4.69, 9.17) is 5.73 Å². The fourth-order valence-corrected chi connectivity index (χ4v) is 1.60. The van der Waals surface area contributed by atoms with Crippen molar-refractivity contribution in [2.45, 2.75) is 48.1 Å². The molecular weight excluding hydrogens is 285 g/mol. The summed E-state index contributed by atoms with van der Waals surface area (Å²) in [5, 5.41) is 0. The van der Waals surface area contributed by atoms with Gasteiger partial charge in [-0.1, -0.05) is 103 Å². The highest BCUT2D eigenvalue weighted by Crippen LogP contribution is 2.22. The van der Waals surface area contributed by atoms with Gasteiger partial charge in [-0.25, -0.2) is 0 Å². The van der Waals surface area contributed by atoms with Crippen molar-refractivity contribution < 1.29 is 0 Å². The van der Waals surface area contributed by atoms with Gasteiger partial charge in [0.1, 0.15) is 0 Å². The minimum atomic E-state index is 0.588. The van der Waals surface area contributed by atoms with Crippen LogP contribution in [0.1, 0.15) is 47.1 Å². The summed E-state index contributed by atoms with van der Waals surface area (Å²) in [6.07, 6.45) is 0. The molecule has 2 N–H and O–H groups in total. The third kappa shape index (κ3) is 10.5. The Morgan fingerprint density at radius 1 is 0.682 bits per heavy atom. The maximum atomic E-state index is 5.69. The van der Waals surface area contributed by atoms with Crippen molar-refractivity contribution in [3.05, 3.63) is 60.2 Å². The Hall–Kier alpha value is -1.17. The highest BCUT2D eigenvalue weighted by Gasteiger charge is 2.00. The van der Waals surface area contributed by atoms with Gasteiger partial charge >= 0.3 is 0 Å². The lowest BCUT2D eigenvalue weighted by Crippen LogP contribution is -1.98. The minimum absolute atomic E-state index is 0.588. The van der Waals surface area contributed by atoms with Gasteiger partial charge in [0.05, 0.1) is 0 Å². The Balaban J connectivity index is -0.000000394. The number of hydrogen-bond donors (Lipinski definition) is 1. The number of nitrogens with two attached hydrogens (primary N) is 1. The lowest BCUT2D eigenvalue weighted by molar-refractivity contribution is 1.07. The Kier molecular flexibility index (Phi) is 25.9. The van der Waals surface area contributed by atoms with E-state index in [0.717, 1.165) is 0 Å². The quantitative estimate of drug-likeness (QED) is 0.638.